The Morgan fingerprint density at radius 2 is 1.88 bits per heavy atom. The van der Waals surface area contributed by atoms with E-state index >= 15 is 0 Å². The molecule has 0 bridgehead atoms. The Hall–Kier alpha value is -3.23. The number of carbonyl (C=O) groups is 1. The minimum atomic E-state index is -4.49. The third kappa shape index (κ3) is 3.82. The highest BCUT2D eigenvalue weighted by atomic mass is 19.4. The standard InChI is InChI=1S/C16H12F3N5O/c17-16(18,19)12-6-2-1-5-11(12)9-20-22-15(25)10-24-14-8-4-3-7-13(14)21-23-24/h1-9H,10H2,(H,22,25)/b20-9+. The summed E-state index contributed by atoms with van der Waals surface area (Å²) < 4.78 is 40.0. The summed E-state index contributed by atoms with van der Waals surface area (Å²) >= 11 is 0. The van der Waals surface area contributed by atoms with Crippen molar-refractivity contribution in [3.05, 3.63) is 59.7 Å². The van der Waals surface area contributed by atoms with Crippen LogP contribution in [0.5, 0.6) is 0 Å². The number of halogens is 3. The van der Waals surface area contributed by atoms with E-state index in [-0.39, 0.29) is 12.1 Å². The summed E-state index contributed by atoms with van der Waals surface area (Å²) in [5.74, 6) is -0.531. The number of rotatable bonds is 4. The van der Waals surface area contributed by atoms with Crippen LogP contribution in [0.4, 0.5) is 13.2 Å². The number of fused-ring (bicyclic) bond motifs is 1. The van der Waals surface area contributed by atoms with Gasteiger partial charge in [0.05, 0.1) is 17.3 Å². The van der Waals surface area contributed by atoms with Gasteiger partial charge in [-0.3, -0.25) is 4.79 Å². The summed E-state index contributed by atoms with van der Waals surface area (Å²) in [4.78, 5) is 11.9. The van der Waals surface area contributed by atoms with Gasteiger partial charge in [-0.15, -0.1) is 5.10 Å². The van der Waals surface area contributed by atoms with E-state index in [9.17, 15) is 18.0 Å². The van der Waals surface area contributed by atoms with Crippen LogP contribution >= 0.6 is 0 Å². The average Bonchev–Trinajstić information content (AvgIpc) is 2.97. The molecule has 1 N–H and O–H groups in total. The second kappa shape index (κ2) is 6.71. The molecule has 1 heterocycles. The lowest BCUT2D eigenvalue weighted by Crippen LogP contribution is -2.24. The van der Waals surface area contributed by atoms with Crippen LogP contribution in [0.3, 0.4) is 0 Å². The fourth-order valence-corrected chi connectivity index (χ4v) is 2.25. The third-order valence-corrected chi connectivity index (χ3v) is 3.37. The second-order valence-corrected chi connectivity index (χ2v) is 5.11. The van der Waals surface area contributed by atoms with Gasteiger partial charge in [0.1, 0.15) is 12.1 Å². The molecule has 0 fully saturated rings. The number of hydrogen-bond donors (Lipinski definition) is 1. The number of amides is 1. The van der Waals surface area contributed by atoms with E-state index in [1.54, 1.807) is 24.3 Å². The largest absolute Gasteiger partial charge is 0.417 e. The number of benzene rings is 2. The fraction of sp³-hybridized carbons (Fsp3) is 0.125. The molecule has 25 heavy (non-hydrogen) atoms. The maximum absolute atomic E-state index is 12.9. The first kappa shape index (κ1) is 16.6. The van der Waals surface area contributed by atoms with Crippen molar-refractivity contribution < 1.29 is 18.0 Å². The summed E-state index contributed by atoms with van der Waals surface area (Å²) in [6.45, 7) is -0.154. The van der Waals surface area contributed by atoms with Crippen molar-refractivity contribution in [3.63, 3.8) is 0 Å². The first-order valence-electron chi connectivity index (χ1n) is 7.21. The molecule has 0 saturated carbocycles. The molecule has 0 atom stereocenters. The predicted octanol–water partition coefficient (Wildman–Crippen LogP) is 2.60. The van der Waals surface area contributed by atoms with Gasteiger partial charge in [-0.2, -0.15) is 18.3 Å². The number of hydrogen-bond acceptors (Lipinski definition) is 4. The zero-order valence-electron chi connectivity index (χ0n) is 12.7. The Morgan fingerprint density at radius 1 is 1.16 bits per heavy atom. The van der Waals surface area contributed by atoms with E-state index in [1.807, 2.05) is 0 Å². The number of nitrogens with one attached hydrogen (secondary N) is 1. The Kier molecular flexibility index (Phi) is 4.46. The average molecular weight is 347 g/mol. The van der Waals surface area contributed by atoms with Crippen LogP contribution in [0.25, 0.3) is 11.0 Å². The number of hydrazone groups is 1. The molecule has 1 amide bonds. The van der Waals surface area contributed by atoms with E-state index in [0.29, 0.717) is 11.0 Å². The van der Waals surface area contributed by atoms with E-state index in [1.165, 1.54) is 22.9 Å². The topological polar surface area (TPSA) is 72.2 Å². The van der Waals surface area contributed by atoms with E-state index in [2.05, 4.69) is 20.8 Å². The van der Waals surface area contributed by atoms with E-state index in [0.717, 1.165) is 12.3 Å². The maximum atomic E-state index is 12.9. The monoisotopic (exact) mass is 347 g/mol. The number of para-hydroxylation sites is 1. The van der Waals surface area contributed by atoms with Crippen molar-refractivity contribution in [2.24, 2.45) is 5.10 Å². The van der Waals surface area contributed by atoms with Crippen molar-refractivity contribution in [2.75, 3.05) is 0 Å². The Balaban J connectivity index is 1.68. The summed E-state index contributed by atoms with van der Waals surface area (Å²) in [5.41, 5.74) is 2.53. The lowest BCUT2D eigenvalue weighted by molar-refractivity contribution is -0.137. The highest BCUT2D eigenvalue weighted by Gasteiger charge is 2.32. The predicted molar refractivity (Wildman–Crippen MR) is 84.7 cm³/mol. The third-order valence-electron chi connectivity index (χ3n) is 3.37. The molecule has 3 rings (SSSR count). The van der Waals surface area contributed by atoms with Crippen molar-refractivity contribution in [1.82, 2.24) is 20.4 Å². The minimum absolute atomic E-state index is 0.137. The zero-order valence-corrected chi connectivity index (χ0v) is 12.7. The highest BCUT2D eigenvalue weighted by molar-refractivity contribution is 5.84. The number of aromatic nitrogens is 3. The molecule has 9 heteroatoms. The van der Waals surface area contributed by atoms with Gasteiger partial charge >= 0.3 is 6.18 Å². The SMILES string of the molecule is O=C(Cn1nnc2ccccc21)N/N=C/c1ccccc1C(F)(F)F. The van der Waals surface area contributed by atoms with Crippen LogP contribution in [0.1, 0.15) is 11.1 Å². The van der Waals surface area contributed by atoms with Gasteiger partial charge < -0.3 is 0 Å². The molecule has 3 aromatic rings. The fourth-order valence-electron chi connectivity index (χ4n) is 2.25. The van der Waals surface area contributed by atoms with Gasteiger partial charge in [-0.25, -0.2) is 10.1 Å². The van der Waals surface area contributed by atoms with Crippen LogP contribution < -0.4 is 5.43 Å². The van der Waals surface area contributed by atoms with Crippen LogP contribution in [0.2, 0.25) is 0 Å². The van der Waals surface area contributed by atoms with Crippen molar-refractivity contribution in [2.45, 2.75) is 12.7 Å². The van der Waals surface area contributed by atoms with Gasteiger partial charge in [0.2, 0.25) is 0 Å². The summed E-state index contributed by atoms with van der Waals surface area (Å²) in [6.07, 6.45) is -3.54. The molecular formula is C16H12F3N5O. The van der Waals surface area contributed by atoms with Gasteiger partial charge in [0, 0.05) is 5.56 Å². The molecule has 0 unspecified atom stereocenters. The number of nitrogens with zero attached hydrogens (tertiary/aromatic N) is 4. The molecule has 128 valence electrons. The molecule has 0 spiro atoms. The van der Waals surface area contributed by atoms with Crippen LogP contribution in [0, 0.1) is 0 Å². The highest BCUT2D eigenvalue weighted by Crippen LogP contribution is 2.30. The van der Waals surface area contributed by atoms with Gasteiger partial charge in [0.15, 0.2) is 0 Å². The quantitative estimate of drug-likeness (QED) is 0.582. The van der Waals surface area contributed by atoms with Gasteiger partial charge in [-0.1, -0.05) is 35.5 Å². The Morgan fingerprint density at radius 3 is 2.68 bits per heavy atom. The normalized spacial score (nSPS) is 12.0. The molecule has 1 aromatic heterocycles. The molecule has 0 saturated heterocycles. The molecule has 0 aliphatic rings. The zero-order chi connectivity index (χ0) is 17.9. The van der Waals surface area contributed by atoms with Crippen LogP contribution in [-0.2, 0) is 17.5 Å². The molecule has 0 radical (unpaired) electrons. The first-order valence-corrected chi connectivity index (χ1v) is 7.21. The van der Waals surface area contributed by atoms with E-state index < -0.39 is 17.6 Å². The van der Waals surface area contributed by atoms with Gasteiger partial charge in [-0.05, 0) is 18.2 Å². The first-order chi connectivity index (χ1) is 11.9. The summed E-state index contributed by atoms with van der Waals surface area (Å²) in [6, 6.07) is 12.0. The molecule has 2 aromatic carbocycles. The molecular weight excluding hydrogens is 335 g/mol. The lowest BCUT2D eigenvalue weighted by atomic mass is 10.1. The Bertz CT molecular complexity index is 933. The number of alkyl halides is 3. The molecule has 6 nitrogen and oxygen atoms in total. The van der Waals surface area contributed by atoms with Crippen LogP contribution in [0.15, 0.2) is 53.6 Å². The maximum Gasteiger partial charge on any atom is 0.417 e. The second-order valence-electron chi connectivity index (χ2n) is 5.11. The Labute approximate surface area is 139 Å². The molecule has 0 aliphatic carbocycles. The summed E-state index contributed by atoms with van der Waals surface area (Å²) in [7, 11) is 0. The minimum Gasteiger partial charge on any atom is -0.271 e. The smallest absolute Gasteiger partial charge is 0.271 e. The van der Waals surface area contributed by atoms with Crippen LogP contribution in [-0.4, -0.2) is 27.1 Å². The van der Waals surface area contributed by atoms with Crippen molar-refractivity contribution >= 4 is 23.2 Å². The van der Waals surface area contributed by atoms with Gasteiger partial charge in [0.25, 0.3) is 5.91 Å². The lowest BCUT2D eigenvalue weighted by Gasteiger charge is -2.09. The molecule has 0 aliphatic heterocycles. The van der Waals surface area contributed by atoms with Crippen molar-refractivity contribution in [3.8, 4) is 0 Å². The van der Waals surface area contributed by atoms with Crippen molar-refractivity contribution in [1.29, 1.82) is 0 Å². The number of carbonyl (C=O) groups excluding carboxylic acids is 1. The summed E-state index contributed by atoms with van der Waals surface area (Å²) in [5, 5.41) is 11.4. The van der Waals surface area contributed by atoms with E-state index in [4.69, 9.17) is 0 Å².